The van der Waals surface area contributed by atoms with Crippen LogP contribution in [0.1, 0.15) is 72.6 Å². The fourth-order valence-electron chi connectivity index (χ4n) is 4.47. The number of aliphatic hydroxyl groups is 1. The van der Waals surface area contributed by atoms with Crippen LogP contribution in [0.25, 0.3) is 0 Å². The Hall–Kier alpha value is -0.120. The number of aliphatic hydroxyl groups excluding tert-OH is 1. The van der Waals surface area contributed by atoms with Gasteiger partial charge in [0.05, 0.1) is 6.61 Å². The maximum absolute atomic E-state index is 9.86. The minimum Gasteiger partial charge on any atom is -0.394 e. The highest BCUT2D eigenvalue weighted by molar-refractivity contribution is 5.01. The second kappa shape index (κ2) is 6.55. The molecular formula is C18H36N2O. The summed E-state index contributed by atoms with van der Waals surface area (Å²) in [5, 5.41) is 13.5. The molecule has 0 spiro atoms. The van der Waals surface area contributed by atoms with E-state index in [1.807, 2.05) is 0 Å². The lowest BCUT2D eigenvalue weighted by Gasteiger charge is -2.41. The van der Waals surface area contributed by atoms with Crippen molar-refractivity contribution in [3.05, 3.63) is 0 Å². The number of hydrogen-bond donors (Lipinski definition) is 2. The molecule has 0 aromatic carbocycles. The van der Waals surface area contributed by atoms with E-state index >= 15 is 0 Å². The van der Waals surface area contributed by atoms with E-state index in [1.165, 1.54) is 32.1 Å². The molecule has 0 aromatic rings. The summed E-state index contributed by atoms with van der Waals surface area (Å²) in [5.41, 5.74) is 0.502. The predicted molar refractivity (Wildman–Crippen MR) is 89.5 cm³/mol. The van der Waals surface area contributed by atoms with Crippen molar-refractivity contribution in [2.75, 3.05) is 13.7 Å². The Morgan fingerprint density at radius 3 is 2.19 bits per heavy atom. The van der Waals surface area contributed by atoms with Crippen LogP contribution in [0.3, 0.4) is 0 Å². The van der Waals surface area contributed by atoms with Crippen molar-refractivity contribution in [3.63, 3.8) is 0 Å². The van der Waals surface area contributed by atoms with E-state index in [0.717, 1.165) is 18.9 Å². The topological polar surface area (TPSA) is 35.5 Å². The highest BCUT2D eigenvalue weighted by atomic mass is 16.3. The Morgan fingerprint density at radius 1 is 1.10 bits per heavy atom. The largest absolute Gasteiger partial charge is 0.394 e. The molecule has 0 aromatic heterocycles. The molecule has 3 nitrogen and oxygen atoms in total. The Bertz CT molecular complexity index is 332. The molecule has 0 amide bonds. The van der Waals surface area contributed by atoms with Crippen LogP contribution in [-0.2, 0) is 0 Å². The highest BCUT2D eigenvalue weighted by Crippen LogP contribution is 2.40. The van der Waals surface area contributed by atoms with Gasteiger partial charge in [0, 0.05) is 23.7 Å². The average Bonchev–Trinajstić information content (AvgIpc) is 2.82. The van der Waals surface area contributed by atoms with Gasteiger partial charge in [0.1, 0.15) is 0 Å². The van der Waals surface area contributed by atoms with Crippen LogP contribution in [0, 0.1) is 5.41 Å². The van der Waals surface area contributed by atoms with Crippen molar-refractivity contribution in [2.45, 2.75) is 96.3 Å². The van der Waals surface area contributed by atoms with Gasteiger partial charge in [0.15, 0.2) is 0 Å². The molecule has 2 aliphatic carbocycles. The van der Waals surface area contributed by atoms with Crippen molar-refractivity contribution in [1.82, 2.24) is 10.2 Å². The average molecular weight is 296 g/mol. The van der Waals surface area contributed by atoms with Gasteiger partial charge >= 0.3 is 0 Å². The molecule has 2 aliphatic rings. The number of hydrogen-bond acceptors (Lipinski definition) is 3. The number of rotatable bonds is 5. The highest BCUT2D eigenvalue weighted by Gasteiger charge is 2.42. The second-order valence-corrected chi connectivity index (χ2v) is 8.69. The molecule has 0 saturated heterocycles. The van der Waals surface area contributed by atoms with E-state index in [9.17, 15) is 5.11 Å². The van der Waals surface area contributed by atoms with Gasteiger partial charge in [0.2, 0.25) is 0 Å². The molecule has 2 atom stereocenters. The van der Waals surface area contributed by atoms with Crippen molar-refractivity contribution in [3.8, 4) is 0 Å². The van der Waals surface area contributed by atoms with E-state index < -0.39 is 0 Å². The van der Waals surface area contributed by atoms with E-state index in [4.69, 9.17) is 0 Å². The van der Waals surface area contributed by atoms with Gasteiger partial charge in [-0.1, -0.05) is 27.7 Å². The van der Waals surface area contributed by atoms with E-state index in [-0.39, 0.29) is 12.1 Å². The third-order valence-corrected chi connectivity index (χ3v) is 5.94. The summed E-state index contributed by atoms with van der Waals surface area (Å²) in [5.74, 6) is 0. The zero-order valence-corrected chi connectivity index (χ0v) is 14.8. The SMILES string of the molecule is CC(C)NC1(CO)CCC(N(C)C2CCC(C)(C)CC2)C1. The molecule has 2 unspecified atom stereocenters. The molecule has 0 heterocycles. The first-order valence-corrected chi connectivity index (χ1v) is 8.87. The molecule has 3 heteroatoms. The first kappa shape index (κ1) is 17.2. The fraction of sp³-hybridized carbons (Fsp3) is 1.00. The molecule has 124 valence electrons. The van der Waals surface area contributed by atoms with Crippen molar-refractivity contribution < 1.29 is 5.11 Å². The van der Waals surface area contributed by atoms with Gasteiger partial charge in [-0.2, -0.15) is 0 Å². The molecule has 2 saturated carbocycles. The maximum atomic E-state index is 9.86. The predicted octanol–water partition coefficient (Wildman–Crippen LogP) is 3.17. The summed E-state index contributed by atoms with van der Waals surface area (Å²) in [7, 11) is 2.32. The van der Waals surface area contributed by atoms with Crippen molar-refractivity contribution in [1.29, 1.82) is 0 Å². The summed E-state index contributed by atoms with van der Waals surface area (Å²) in [4.78, 5) is 2.63. The Morgan fingerprint density at radius 2 is 1.67 bits per heavy atom. The normalized spacial score (nSPS) is 34.0. The van der Waals surface area contributed by atoms with Crippen LogP contribution >= 0.6 is 0 Å². The Balaban J connectivity index is 1.91. The van der Waals surface area contributed by atoms with E-state index in [1.54, 1.807) is 0 Å². The zero-order valence-electron chi connectivity index (χ0n) is 14.8. The monoisotopic (exact) mass is 296 g/mol. The number of nitrogens with one attached hydrogen (secondary N) is 1. The van der Waals surface area contributed by atoms with Gasteiger partial charge < -0.3 is 15.3 Å². The molecule has 0 aliphatic heterocycles. The summed E-state index contributed by atoms with van der Waals surface area (Å²) in [6.07, 6.45) is 8.80. The summed E-state index contributed by atoms with van der Waals surface area (Å²) < 4.78 is 0. The summed E-state index contributed by atoms with van der Waals surface area (Å²) >= 11 is 0. The minimum atomic E-state index is -0.0406. The number of nitrogens with zero attached hydrogens (tertiary/aromatic N) is 1. The second-order valence-electron chi connectivity index (χ2n) is 8.69. The first-order valence-electron chi connectivity index (χ1n) is 8.87. The van der Waals surface area contributed by atoms with Gasteiger partial charge in [-0.3, -0.25) is 0 Å². The van der Waals surface area contributed by atoms with Crippen LogP contribution in [0.15, 0.2) is 0 Å². The van der Waals surface area contributed by atoms with Gasteiger partial charge in [-0.25, -0.2) is 0 Å². The van der Waals surface area contributed by atoms with E-state index in [0.29, 0.717) is 17.5 Å². The van der Waals surface area contributed by atoms with Gasteiger partial charge in [-0.15, -0.1) is 0 Å². The third-order valence-electron chi connectivity index (χ3n) is 5.94. The van der Waals surface area contributed by atoms with Gasteiger partial charge in [-0.05, 0) is 57.4 Å². The zero-order chi connectivity index (χ0) is 15.7. The molecule has 2 rings (SSSR count). The lowest BCUT2D eigenvalue weighted by Crippen LogP contribution is -2.51. The van der Waals surface area contributed by atoms with Crippen molar-refractivity contribution in [2.24, 2.45) is 5.41 Å². The van der Waals surface area contributed by atoms with Crippen LogP contribution in [0.4, 0.5) is 0 Å². The van der Waals surface area contributed by atoms with Crippen LogP contribution in [0.5, 0.6) is 0 Å². The standard InChI is InChI=1S/C18H36N2O/c1-14(2)19-18(13-21)11-8-16(12-18)20(5)15-6-9-17(3,4)10-7-15/h14-16,19,21H,6-13H2,1-5H3. The molecule has 2 fully saturated rings. The van der Waals surface area contributed by atoms with Gasteiger partial charge in [0.25, 0.3) is 0 Å². The molecule has 2 N–H and O–H groups in total. The molecular weight excluding hydrogens is 260 g/mol. The third kappa shape index (κ3) is 4.20. The molecule has 0 radical (unpaired) electrons. The molecule has 0 bridgehead atoms. The Kier molecular flexibility index (Phi) is 5.38. The van der Waals surface area contributed by atoms with Crippen LogP contribution in [0.2, 0.25) is 0 Å². The lowest BCUT2D eigenvalue weighted by molar-refractivity contribution is 0.0859. The quantitative estimate of drug-likeness (QED) is 0.818. The smallest absolute Gasteiger partial charge is 0.0614 e. The fourth-order valence-corrected chi connectivity index (χ4v) is 4.47. The van der Waals surface area contributed by atoms with Crippen molar-refractivity contribution >= 4 is 0 Å². The maximum Gasteiger partial charge on any atom is 0.0614 e. The van der Waals surface area contributed by atoms with Crippen LogP contribution < -0.4 is 5.32 Å². The summed E-state index contributed by atoms with van der Waals surface area (Å²) in [6.45, 7) is 9.44. The molecule has 21 heavy (non-hydrogen) atoms. The first-order chi connectivity index (χ1) is 9.77. The summed E-state index contributed by atoms with van der Waals surface area (Å²) in [6, 6.07) is 1.82. The van der Waals surface area contributed by atoms with E-state index in [2.05, 4.69) is 45.0 Å². The van der Waals surface area contributed by atoms with Crippen LogP contribution in [-0.4, -0.2) is 47.3 Å². The minimum absolute atomic E-state index is 0.0406. The Labute approximate surface area is 131 Å². The lowest BCUT2D eigenvalue weighted by atomic mass is 9.75.